The first-order valence-electron chi connectivity index (χ1n) is 7.46. The van der Waals surface area contributed by atoms with E-state index in [2.05, 4.69) is 0 Å². The predicted molar refractivity (Wildman–Crippen MR) is 88.0 cm³/mol. The molecule has 0 unspecified atom stereocenters. The normalized spacial score (nSPS) is 11.7. The van der Waals surface area contributed by atoms with E-state index in [1.165, 1.54) is 16.9 Å². The molecule has 0 aliphatic rings. The fourth-order valence-corrected chi connectivity index (χ4v) is 2.75. The zero-order valence-corrected chi connectivity index (χ0v) is 13.3. The van der Waals surface area contributed by atoms with Crippen LogP contribution in [0.15, 0.2) is 63.9 Å². The molecule has 3 rings (SSSR count). The molecule has 0 amide bonds. The molecule has 0 fully saturated rings. The number of aryl methyl sites for hydroxylation is 1. The van der Waals surface area contributed by atoms with Crippen molar-refractivity contribution in [2.45, 2.75) is 26.3 Å². The van der Waals surface area contributed by atoms with Crippen molar-refractivity contribution in [1.29, 1.82) is 0 Å². The SMILES string of the molecule is Cc1on(C(C)(C)c2ccc(F)cc2)c(=O)c1-c1ccccc1. The maximum atomic E-state index is 13.2. The van der Waals surface area contributed by atoms with E-state index in [1.807, 2.05) is 44.2 Å². The summed E-state index contributed by atoms with van der Waals surface area (Å²) >= 11 is 0. The zero-order valence-electron chi connectivity index (χ0n) is 13.3. The van der Waals surface area contributed by atoms with Gasteiger partial charge in [0.15, 0.2) is 0 Å². The second-order valence-electron chi connectivity index (χ2n) is 6.05. The average molecular weight is 311 g/mol. The van der Waals surface area contributed by atoms with Crippen molar-refractivity contribution in [3.05, 3.63) is 82.1 Å². The Morgan fingerprint density at radius 2 is 1.61 bits per heavy atom. The van der Waals surface area contributed by atoms with E-state index < -0.39 is 5.54 Å². The molecule has 0 saturated carbocycles. The van der Waals surface area contributed by atoms with E-state index in [0.717, 1.165) is 11.1 Å². The third kappa shape index (κ3) is 2.61. The molecule has 0 aliphatic heterocycles. The van der Waals surface area contributed by atoms with Crippen molar-refractivity contribution < 1.29 is 8.91 Å². The second kappa shape index (κ2) is 5.54. The van der Waals surface area contributed by atoms with E-state index in [-0.39, 0.29) is 11.4 Å². The minimum atomic E-state index is -0.720. The van der Waals surface area contributed by atoms with Crippen molar-refractivity contribution in [3.8, 4) is 11.1 Å². The second-order valence-corrected chi connectivity index (χ2v) is 6.05. The van der Waals surface area contributed by atoms with Gasteiger partial charge in [0.25, 0.3) is 5.56 Å². The molecular formula is C19H18FNO2. The summed E-state index contributed by atoms with van der Waals surface area (Å²) in [5.74, 6) is 0.258. The molecule has 23 heavy (non-hydrogen) atoms. The third-order valence-corrected chi connectivity index (χ3v) is 4.10. The van der Waals surface area contributed by atoms with E-state index in [9.17, 15) is 9.18 Å². The van der Waals surface area contributed by atoms with Crippen LogP contribution in [0.3, 0.4) is 0 Å². The van der Waals surface area contributed by atoms with E-state index in [0.29, 0.717) is 11.3 Å². The van der Waals surface area contributed by atoms with E-state index in [4.69, 9.17) is 4.52 Å². The van der Waals surface area contributed by atoms with Crippen LogP contribution in [-0.2, 0) is 5.54 Å². The lowest BCUT2D eigenvalue weighted by Gasteiger charge is -2.24. The Kier molecular flexibility index (Phi) is 3.68. The van der Waals surface area contributed by atoms with Gasteiger partial charge in [-0.2, -0.15) is 4.74 Å². The number of nitrogens with zero attached hydrogens (tertiary/aromatic N) is 1. The highest BCUT2D eigenvalue weighted by molar-refractivity contribution is 5.64. The molecule has 0 saturated heterocycles. The molecule has 3 nitrogen and oxygen atoms in total. The molecule has 3 aromatic rings. The Morgan fingerprint density at radius 1 is 1.00 bits per heavy atom. The Balaban J connectivity index is 2.14. The molecule has 0 N–H and O–H groups in total. The molecule has 118 valence electrons. The van der Waals surface area contributed by atoms with Crippen molar-refractivity contribution in [2.24, 2.45) is 0 Å². The van der Waals surface area contributed by atoms with Crippen LogP contribution >= 0.6 is 0 Å². The number of benzene rings is 2. The highest BCUT2D eigenvalue weighted by Crippen LogP contribution is 2.28. The van der Waals surface area contributed by atoms with Crippen LogP contribution < -0.4 is 5.56 Å². The lowest BCUT2D eigenvalue weighted by atomic mass is 9.94. The van der Waals surface area contributed by atoms with Crippen LogP contribution in [0.2, 0.25) is 0 Å². The van der Waals surface area contributed by atoms with Crippen LogP contribution in [-0.4, -0.2) is 4.74 Å². The first-order valence-corrected chi connectivity index (χ1v) is 7.46. The van der Waals surface area contributed by atoms with Crippen LogP contribution in [0.4, 0.5) is 4.39 Å². The lowest BCUT2D eigenvalue weighted by molar-refractivity contribution is 0.166. The summed E-state index contributed by atoms with van der Waals surface area (Å²) < 4.78 is 20.3. The largest absolute Gasteiger partial charge is 0.380 e. The molecule has 0 atom stereocenters. The van der Waals surface area contributed by atoms with Gasteiger partial charge in [-0.05, 0) is 44.0 Å². The predicted octanol–water partition coefficient (Wildman–Crippen LogP) is 4.34. The molecule has 0 spiro atoms. The third-order valence-electron chi connectivity index (χ3n) is 4.10. The molecular weight excluding hydrogens is 293 g/mol. The van der Waals surface area contributed by atoms with Crippen molar-refractivity contribution in [2.75, 3.05) is 0 Å². The molecule has 1 heterocycles. The molecule has 0 bridgehead atoms. The Morgan fingerprint density at radius 3 is 2.22 bits per heavy atom. The Hall–Kier alpha value is -2.62. The molecule has 2 aromatic carbocycles. The fourth-order valence-electron chi connectivity index (χ4n) is 2.75. The van der Waals surface area contributed by atoms with Gasteiger partial charge in [0.05, 0.1) is 5.56 Å². The highest BCUT2D eigenvalue weighted by Gasteiger charge is 2.30. The topological polar surface area (TPSA) is 35.1 Å². The minimum absolute atomic E-state index is 0.192. The number of aromatic nitrogens is 1. The number of rotatable bonds is 3. The lowest BCUT2D eigenvalue weighted by Crippen LogP contribution is -2.35. The highest BCUT2D eigenvalue weighted by atomic mass is 19.1. The summed E-state index contributed by atoms with van der Waals surface area (Å²) in [5.41, 5.74) is 1.27. The van der Waals surface area contributed by atoms with Gasteiger partial charge in [-0.1, -0.05) is 42.5 Å². The standard InChI is InChI=1S/C19H18FNO2/c1-13-17(14-7-5-4-6-8-14)18(22)21(23-13)19(2,3)15-9-11-16(20)12-10-15/h4-12H,1-3H3. The van der Waals surface area contributed by atoms with Gasteiger partial charge in [-0.15, -0.1) is 0 Å². The smallest absolute Gasteiger partial charge is 0.291 e. The fraction of sp³-hybridized carbons (Fsp3) is 0.211. The van der Waals surface area contributed by atoms with Crippen molar-refractivity contribution in [3.63, 3.8) is 0 Å². The first kappa shape index (κ1) is 15.3. The summed E-state index contributed by atoms with van der Waals surface area (Å²) in [5, 5.41) is 0. The number of halogens is 1. The number of hydrogen-bond acceptors (Lipinski definition) is 2. The van der Waals surface area contributed by atoms with Gasteiger partial charge < -0.3 is 4.52 Å². The summed E-state index contributed by atoms with van der Waals surface area (Å²) in [7, 11) is 0. The summed E-state index contributed by atoms with van der Waals surface area (Å²) in [6, 6.07) is 15.5. The Bertz CT molecular complexity index is 874. The van der Waals surface area contributed by atoms with Crippen LogP contribution in [0.25, 0.3) is 11.1 Å². The van der Waals surface area contributed by atoms with Gasteiger partial charge in [0.2, 0.25) is 0 Å². The van der Waals surface area contributed by atoms with Gasteiger partial charge in [0.1, 0.15) is 17.1 Å². The molecule has 0 radical (unpaired) electrons. The van der Waals surface area contributed by atoms with E-state index >= 15 is 0 Å². The van der Waals surface area contributed by atoms with Crippen LogP contribution in [0, 0.1) is 12.7 Å². The monoisotopic (exact) mass is 311 g/mol. The first-order chi connectivity index (χ1) is 10.9. The summed E-state index contributed by atoms with van der Waals surface area (Å²) in [4.78, 5) is 12.9. The van der Waals surface area contributed by atoms with Gasteiger partial charge >= 0.3 is 0 Å². The molecule has 4 heteroatoms. The average Bonchev–Trinajstić information content (AvgIpc) is 2.84. The minimum Gasteiger partial charge on any atom is -0.380 e. The van der Waals surface area contributed by atoms with Crippen molar-refractivity contribution in [1.82, 2.24) is 4.74 Å². The van der Waals surface area contributed by atoms with Gasteiger partial charge in [0, 0.05) is 0 Å². The van der Waals surface area contributed by atoms with Gasteiger partial charge in [-0.3, -0.25) is 4.79 Å². The molecule has 0 aliphatic carbocycles. The quantitative estimate of drug-likeness (QED) is 0.721. The molecule has 1 aromatic heterocycles. The number of hydrogen-bond donors (Lipinski definition) is 0. The van der Waals surface area contributed by atoms with Crippen molar-refractivity contribution >= 4 is 0 Å². The maximum absolute atomic E-state index is 13.2. The summed E-state index contributed by atoms with van der Waals surface area (Å²) in [6.45, 7) is 5.53. The summed E-state index contributed by atoms with van der Waals surface area (Å²) in [6.07, 6.45) is 0. The van der Waals surface area contributed by atoms with E-state index in [1.54, 1.807) is 19.1 Å². The van der Waals surface area contributed by atoms with Crippen LogP contribution in [0.1, 0.15) is 25.2 Å². The zero-order chi connectivity index (χ0) is 16.6. The maximum Gasteiger partial charge on any atom is 0.291 e. The Labute approximate surface area is 134 Å². The van der Waals surface area contributed by atoms with Crippen LogP contribution in [0.5, 0.6) is 0 Å². The van der Waals surface area contributed by atoms with Gasteiger partial charge in [-0.25, -0.2) is 4.39 Å².